The highest BCUT2D eigenvalue weighted by atomic mass is 35.5. The second-order valence-corrected chi connectivity index (χ2v) is 4.63. The molecule has 0 spiro atoms. The van der Waals surface area contributed by atoms with Crippen LogP contribution < -0.4 is 11.1 Å². The minimum Gasteiger partial charge on any atom is -0.381 e. The minimum atomic E-state index is -0.438. The fourth-order valence-corrected chi connectivity index (χ4v) is 1.83. The molecule has 0 aromatic heterocycles. The molecule has 1 amide bonds. The lowest BCUT2D eigenvalue weighted by Gasteiger charge is -2.51. The van der Waals surface area contributed by atoms with Gasteiger partial charge < -0.3 is 15.8 Å². The molecule has 3 N–H and O–H groups in total. The van der Waals surface area contributed by atoms with E-state index in [1.165, 1.54) is 0 Å². The first-order valence-electron chi connectivity index (χ1n) is 4.98. The largest absolute Gasteiger partial charge is 0.381 e. The molecule has 1 saturated carbocycles. The number of methoxy groups -OCH3 is 1. The molecule has 1 aliphatic rings. The van der Waals surface area contributed by atoms with Crippen LogP contribution in [-0.2, 0) is 9.53 Å². The van der Waals surface area contributed by atoms with Crippen molar-refractivity contribution < 1.29 is 9.53 Å². The van der Waals surface area contributed by atoms with E-state index in [0.29, 0.717) is 0 Å². The summed E-state index contributed by atoms with van der Waals surface area (Å²) >= 11 is 0. The quantitative estimate of drug-likeness (QED) is 0.758. The molecule has 0 aromatic rings. The molecule has 0 heterocycles. The predicted molar refractivity (Wildman–Crippen MR) is 62.0 cm³/mol. The first-order chi connectivity index (χ1) is 6.39. The molecule has 90 valence electrons. The summed E-state index contributed by atoms with van der Waals surface area (Å²) in [5.74, 6) is -0.0855. The predicted octanol–water partition coefficient (Wildman–Crippen LogP) is 0.685. The van der Waals surface area contributed by atoms with Crippen molar-refractivity contribution in [3.63, 3.8) is 0 Å². The number of halogens is 1. The summed E-state index contributed by atoms with van der Waals surface area (Å²) in [5, 5.41) is 2.93. The van der Waals surface area contributed by atoms with Crippen LogP contribution in [0.2, 0.25) is 0 Å². The van der Waals surface area contributed by atoms with Crippen LogP contribution in [-0.4, -0.2) is 31.2 Å². The normalized spacial score (nSPS) is 29.7. The van der Waals surface area contributed by atoms with E-state index < -0.39 is 6.04 Å². The van der Waals surface area contributed by atoms with Gasteiger partial charge in [0.2, 0.25) is 5.91 Å². The summed E-state index contributed by atoms with van der Waals surface area (Å²) in [4.78, 5) is 11.4. The molecule has 0 bridgehead atoms. The second-order valence-electron chi connectivity index (χ2n) is 4.63. The fourth-order valence-electron chi connectivity index (χ4n) is 1.83. The number of nitrogens with two attached hydrogens (primary N) is 1. The Morgan fingerprint density at radius 3 is 2.47 bits per heavy atom. The highest BCUT2D eigenvalue weighted by Gasteiger charge is 2.49. The van der Waals surface area contributed by atoms with Crippen molar-refractivity contribution in [3.05, 3.63) is 0 Å². The number of hydrogen-bond donors (Lipinski definition) is 2. The van der Waals surface area contributed by atoms with Crippen LogP contribution in [0.25, 0.3) is 0 Å². The van der Waals surface area contributed by atoms with Crippen molar-refractivity contribution in [2.45, 2.75) is 45.4 Å². The summed E-state index contributed by atoms with van der Waals surface area (Å²) in [5.41, 5.74) is 5.49. The summed E-state index contributed by atoms with van der Waals surface area (Å²) in [6, 6.07) is -0.252. The molecule has 1 fully saturated rings. The Morgan fingerprint density at radius 1 is 1.60 bits per heavy atom. The summed E-state index contributed by atoms with van der Waals surface area (Å²) in [6.45, 7) is 5.88. The third kappa shape index (κ3) is 2.83. The van der Waals surface area contributed by atoms with Gasteiger partial charge in [-0.25, -0.2) is 0 Å². The lowest BCUT2D eigenvalue weighted by Crippen LogP contribution is -2.63. The van der Waals surface area contributed by atoms with Crippen LogP contribution in [0.5, 0.6) is 0 Å². The Hall–Kier alpha value is -0.320. The van der Waals surface area contributed by atoms with E-state index in [2.05, 4.69) is 19.2 Å². The van der Waals surface area contributed by atoms with Crippen molar-refractivity contribution in [2.24, 2.45) is 11.1 Å². The van der Waals surface area contributed by atoms with Crippen molar-refractivity contribution in [2.75, 3.05) is 7.11 Å². The van der Waals surface area contributed by atoms with Crippen LogP contribution in [0, 0.1) is 5.41 Å². The molecule has 1 aliphatic carbocycles. The molecule has 0 saturated heterocycles. The minimum absolute atomic E-state index is 0. The first-order valence-corrected chi connectivity index (χ1v) is 4.98. The van der Waals surface area contributed by atoms with Crippen molar-refractivity contribution in [1.82, 2.24) is 5.32 Å². The van der Waals surface area contributed by atoms with Gasteiger partial charge in [0.15, 0.2) is 0 Å². The van der Waals surface area contributed by atoms with Crippen LogP contribution in [0.3, 0.4) is 0 Å². The van der Waals surface area contributed by atoms with Gasteiger partial charge in [-0.15, -0.1) is 12.4 Å². The Bertz CT molecular complexity index is 231. The monoisotopic (exact) mass is 236 g/mol. The van der Waals surface area contributed by atoms with Gasteiger partial charge in [0, 0.05) is 18.6 Å². The molecule has 5 heteroatoms. The van der Waals surface area contributed by atoms with Crippen LogP contribution in [0.4, 0.5) is 0 Å². The Morgan fingerprint density at radius 2 is 2.13 bits per heavy atom. The topological polar surface area (TPSA) is 64.3 Å². The standard InChI is InChI=1S/C10H20N2O2.ClH/c1-6(11)9(13)12-7-5-8(14-4)10(7,2)3;/h6-8H,5,11H2,1-4H3,(H,12,13);1H. The molecule has 0 aliphatic heterocycles. The number of carbonyl (C=O) groups excluding carboxylic acids is 1. The Labute approximate surface area is 97.3 Å². The van der Waals surface area contributed by atoms with Crippen molar-refractivity contribution >= 4 is 18.3 Å². The molecule has 0 aromatic carbocycles. The smallest absolute Gasteiger partial charge is 0.236 e. The summed E-state index contributed by atoms with van der Waals surface area (Å²) in [7, 11) is 1.70. The van der Waals surface area contributed by atoms with Gasteiger partial charge in [-0.2, -0.15) is 0 Å². The van der Waals surface area contributed by atoms with Gasteiger partial charge >= 0.3 is 0 Å². The maximum atomic E-state index is 11.4. The number of nitrogens with one attached hydrogen (secondary N) is 1. The Balaban J connectivity index is 0.00000196. The Kier molecular flexibility index (Phi) is 5.03. The summed E-state index contributed by atoms with van der Waals surface area (Å²) in [6.07, 6.45) is 1.11. The molecule has 0 radical (unpaired) electrons. The zero-order valence-corrected chi connectivity index (χ0v) is 10.6. The van der Waals surface area contributed by atoms with E-state index in [9.17, 15) is 4.79 Å². The van der Waals surface area contributed by atoms with E-state index in [0.717, 1.165) is 6.42 Å². The highest BCUT2D eigenvalue weighted by Crippen LogP contribution is 2.42. The van der Waals surface area contributed by atoms with Crippen molar-refractivity contribution in [1.29, 1.82) is 0 Å². The molecule has 15 heavy (non-hydrogen) atoms. The zero-order chi connectivity index (χ0) is 10.9. The number of carbonyl (C=O) groups is 1. The lowest BCUT2D eigenvalue weighted by atomic mass is 9.64. The highest BCUT2D eigenvalue weighted by molar-refractivity contribution is 5.85. The van der Waals surface area contributed by atoms with Crippen molar-refractivity contribution in [3.8, 4) is 0 Å². The number of hydrogen-bond acceptors (Lipinski definition) is 3. The molecular formula is C10H21ClN2O2. The van der Waals surface area contributed by atoms with Gasteiger partial charge in [0.05, 0.1) is 12.1 Å². The van der Waals surface area contributed by atoms with E-state index in [-0.39, 0.29) is 35.9 Å². The number of rotatable bonds is 3. The van der Waals surface area contributed by atoms with Crippen LogP contribution in [0.15, 0.2) is 0 Å². The average Bonchev–Trinajstić information content (AvgIpc) is 2.10. The van der Waals surface area contributed by atoms with Gasteiger partial charge in [-0.1, -0.05) is 13.8 Å². The third-order valence-corrected chi connectivity index (χ3v) is 3.19. The first kappa shape index (κ1) is 14.7. The fraction of sp³-hybridized carbons (Fsp3) is 0.900. The number of amides is 1. The summed E-state index contributed by atoms with van der Waals surface area (Å²) < 4.78 is 5.29. The molecule has 4 nitrogen and oxygen atoms in total. The van der Waals surface area contributed by atoms with Gasteiger partial charge in [-0.05, 0) is 13.3 Å². The zero-order valence-electron chi connectivity index (χ0n) is 9.74. The second kappa shape index (κ2) is 5.14. The molecule has 3 atom stereocenters. The maximum Gasteiger partial charge on any atom is 0.236 e. The van der Waals surface area contributed by atoms with Gasteiger partial charge in [-0.3, -0.25) is 4.79 Å². The number of ether oxygens (including phenoxy) is 1. The third-order valence-electron chi connectivity index (χ3n) is 3.19. The molecule has 1 rings (SSSR count). The van der Waals surface area contributed by atoms with Gasteiger partial charge in [0.1, 0.15) is 0 Å². The van der Waals surface area contributed by atoms with E-state index in [1.54, 1.807) is 14.0 Å². The maximum absolute atomic E-state index is 11.4. The van der Waals surface area contributed by atoms with Crippen LogP contribution in [0.1, 0.15) is 27.2 Å². The van der Waals surface area contributed by atoms with Gasteiger partial charge in [0.25, 0.3) is 0 Å². The van der Waals surface area contributed by atoms with E-state index in [1.807, 2.05) is 0 Å². The average molecular weight is 237 g/mol. The molecule has 3 unspecified atom stereocenters. The van der Waals surface area contributed by atoms with E-state index >= 15 is 0 Å². The SMILES string of the molecule is COC1CC(NC(=O)C(C)N)C1(C)C.Cl. The lowest BCUT2D eigenvalue weighted by molar-refractivity contribution is -0.133. The van der Waals surface area contributed by atoms with Crippen LogP contribution >= 0.6 is 12.4 Å². The van der Waals surface area contributed by atoms with E-state index in [4.69, 9.17) is 10.5 Å². The molecular weight excluding hydrogens is 216 g/mol.